The number of piperidine rings is 1. The Morgan fingerprint density at radius 2 is 2.12 bits per heavy atom. The van der Waals surface area contributed by atoms with E-state index in [-0.39, 0.29) is 11.9 Å². The third kappa shape index (κ3) is 2.97. The molecule has 1 amide bonds. The van der Waals surface area contributed by atoms with Crippen molar-refractivity contribution in [1.29, 1.82) is 0 Å². The van der Waals surface area contributed by atoms with E-state index < -0.39 is 0 Å². The lowest BCUT2D eigenvalue weighted by molar-refractivity contribution is -0.134. The number of nitrogens with zero attached hydrogens (tertiary/aromatic N) is 1. The molecular formula is C13H18N2O2. The van der Waals surface area contributed by atoms with Gasteiger partial charge in [0, 0.05) is 25.6 Å². The highest BCUT2D eigenvalue weighted by Gasteiger charge is 2.22. The van der Waals surface area contributed by atoms with E-state index in [1.165, 1.54) is 0 Å². The van der Waals surface area contributed by atoms with Crippen molar-refractivity contribution in [3.8, 4) is 5.75 Å². The maximum Gasteiger partial charge on any atom is 0.222 e. The van der Waals surface area contributed by atoms with E-state index in [1.54, 1.807) is 7.11 Å². The molecule has 2 N–H and O–H groups in total. The lowest BCUT2D eigenvalue weighted by Gasteiger charge is -2.30. The van der Waals surface area contributed by atoms with E-state index in [2.05, 4.69) is 0 Å². The summed E-state index contributed by atoms with van der Waals surface area (Å²) in [5.41, 5.74) is 6.98. The van der Waals surface area contributed by atoms with Gasteiger partial charge in [0.2, 0.25) is 5.91 Å². The number of benzene rings is 1. The molecule has 1 aromatic rings. The predicted molar refractivity (Wildman–Crippen MR) is 65.6 cm³/mol. The van der Waals surface area contributed by atoms with E-state index in [0.717, 1.165) is 17.7 Å². The lowest BCUT2D eigenvalue weighted by Crippen LogP contribution is -2.45. The number of hydrogen-bond acceptors (Lipinski definition) is 3. The van der Waals surface area contributed by atoms with Crippen LogP contribution in [0.15, 0.2) is 24.3 Å². The Morgan fingerprint density at radius 3 is 2.76 bits per heavy atom. The average Bonchev–Trinajstić information content (AvgIpc) is 2.35. The van der Waals surface area contributed by atoms with E-state index in [0.29, 0.717) is 19.5 Å². The largest absolute Gasteiger partial charge is 0.497 e. The Bertz CT molecular complexity index is 389. The third-order valence-electron chi connectivity index (χ3n) is 3.07. The Labute approximate surface area is 101 Å². The molecule has 0 bridgehead atoms. The van der Waals surface area contributed by atoms with Gasteiger partial charge in [0.05, 0.1) is 7.11 Å². The first-order chi connectivity index (χ1) is 8.19. The Kier molecular flexibility index (Phi) is 3.64. The van der Waals surface area contributed by atoms with Crippen molar-refractivity contribution in [2.45, 2.75) is 25.4 Å². The van der Waals surface area contributed by atoms with Gasteiger partial charge in [0.15, 0.2) is 0 Å². The van der Waals surface area contributed by atoms with Crippen molar-refractivity contribution in [1.82, 2.24) is 4.90 Å². The van der Waals surface area contributed by atoms with Crippen LogP contribution in [0.2, 0.25) is 0 Å². The fourth-order valence-corrected chi connectivity index (χ4v) is 2.05. The molecular weight excluding hydrogens is 216 g/mol. The van der Waals surface area contributed by atoms with Gasteiger partial charge >= 0.3 is 0 Å². The highest BCUT2D eigenvalue weighted by atomic mass is 16.5. The van der Waals surface area contributed by atoms with Crippen LogP contribution in [0.4, 0.5) is 0 Å². The first kappa shape index (κ1) is 11.9. The molecule has 1 aromatic carbocycles. The van der Waals surface area contributed by atoms with Gasteiger partial charge in [-0.1, -0.05) is 12.1 Å². The first-order valence-corrected chi connectivity index (χ1v) is 5.85. The van der Waals surface area contributed by atoms with Crippen molar-refractivity contribution in [2.24, 2.45) is 5.73 Å². The molecule has 1 atom stereocenters. The lowest BCUT2D eigenvalue weighted by atomic mass is 10.1. The number of amides is 1. The number of hydrogen-bond donors (Lipinski definition) is 1. The van der Waals surface area contributed by atoms with E-state index >= 15 is 0 Å². The summed E-state index contributed by atoms with van der Waals surface area (Å²) in [6.07, 6.45) is 1.37. The van der Waals surface area contributed by atoms with Crippen LogP contribution in [0, 0.1) is 0 Å². The van der Waals surface area contributed by atoms with Gasteiger partial charge in [0.1, 0.15) is 5.75 Å². The average molecular weight is 234 g/mol. The summed E-state index contributed by atoms with van der Waals surface area (Å²) in [5.74, 6) is 1.03. The zero-order valence-corrected chi connectivity index (χ0v) is 10.1. The molecule has 1 aliphatic heterocycles. The molecule has 0 aliphatic carbocycles. The van der Waals surface area contributed by atoms with Gasteiger partial charge < -0.3 is 15.4 Å². The summed E-state index contributed by atoms with van der Waals surface area (Å²) in [4.78, 5) is 13.5. The van der Waals surface area contributed by atoms with Crippen molar-refractivity contribution >= 4 is 5.91 Å². The van der Waals surface area contributed by atoms with E-state index in [4.69, 9.17) is 10.5 Å². The van der Waals surface area contributed by atoms with Crippen LogP contribution in [-0.2, 0) is 11.3 Å². The second kappa shape index (κ2) is 5.19. The zero-order chi connectivity index (χ0) is 12.3. The van der Waals surface area contributed by atoms with Crippen LogP contribution in [0.1, 0.15) is 18.4 Å². The topological polar surface area (TPSA) is 55.6 Å². The molecule has 0 unspecified atom stereocenters. The zero-order valence-electron chi connectivity index (χ0n) is 10.1. The molecule has 92 valence electrons. The van der Waals surface area contributed by atoms with E-state index in [9.17, 15) is 4.79 Å². The van der Waals surface area contributed by atoms with Gasteiger partial charge in [-0.3, -0.25) is 4.79 Å². The van der Waals surface area contributed by atoms with Crippen molar-refractivity contribution in [2.75, 3.05) is 13.7 Å². The van der Waals surface area contributed by atoms with Gasteiger partial charge in [-0.25, -0.2) is 0 Å². The molecule has 4 nitrogen and oxygen atoms in total. The van der Waals surface area contributed by atoms with Gasteiger partial charge in [-0.05, 0) is 24.1 Å². The van der Waals surface area contributed by atoms with Crippen LogP contribution in [0.5, 0.6) is 5.75 Å². The van der Waals surface area contributed by atoms with Crippen molar-refractivity contribution < 1.29 is 9.53 Å². The minimum absolute atomic E-state index is 0.117. The summed E-state index contributed by atoms with van der Waals surface area (Å²) in [6, 6.07) is 7.89. The molecule has 0 radical (unpaired) electrons. The molecule has 1 fully saturated rings. The SMILES string of the molecule is COc1ccc(CN2C[C@@H](N)CCC2=O)cc1. The summed E-state index contributed by atoms with van der Waals surface area (Å²) in [5, 5.41) is 0. The quantitative estimate of drug-likeness (QED) is 0.853. The molecule has 2 rings (SSSR count). The fraction of sp³-hybridized carbons (Fsp3) is 0.462. The molecule has 4 heteroatoms. The summed E-state index contributed by atoms with van der Waals surface area (Å²) in [6.45, 7) is 1.29. The number of carbonyl (C=O) groups is 1. The molecule has 0 aromatic heterocycles. The molecule has 1 aliphatic rings. The summed E-state index contributed by atoms with van der Waals surface area (Å²) in [7, 11) is 1.64. The maximum absolute atomic E-state index is 11.7. The monoisotopic (exact) mass is 234 g/mol. The fourth-order valence-electron chi connectivity index (χ4n) is 2.05. The molecule has 0 spiro atoms. The number of methoxy groups -OCH3 is 1. The number of nitrogens with two attached hydrogens (primary N) is 1. The van der Waals surface area contributed by atoms with Gasteiger partial charge in [-0.2, -0.15) is 0 Å². The second-order valence-corrected chi connectivity index (χ2v) is 4.42. The molecule has 17 heavy (non-hydrogen) atoms. The molecule has 1 saturated heterocycles. The van der Waals surface area contributed by atoms with Gasteiger partial charge in [0.25, 0.3) is 0 Å². The number of ether oxygens (including phenoxy) is 1. The number of carbonyl (C=O) groups excluding carboxylic acids is 1. The Hall–Kier alpha value is -1.55. The van der Waals surface area contributed by atoms with Crippen LogP contribution in [0.3, 0.4) is 0 Å². The Morgan fingerprint density at radius 1 is 1.41 bits per heavy atom. The standard InChI is InChI=1S/C13H18N2O2/c1-17-12-5-2-10(3-6-12)8-15-9-11(14)4-7-13(15)16/h2-3,5-6,11H,4,7-9,14H2,1H3/t11-/m0/s1. The predicted octanol–water partition coefficient (Wildman–Crippen LogP) is 1.14. The van der Waals surface area contributed by atoms with Crippen molar-refractivity contribution in [3.63, 3.8) is 0 Å². The smallest absolute Gasteiger partial charge is 0.222 e. The minimum Gasteiger partial charge on any atom is -0.497 e. The number of likely N-dealkylation sites (tertiary alicyclic amines) is 1. The van der Waals surface area contributed by atoms with E-state index in [1.807, 2.05) is 29.2 Å². The third-order valence-corrected chi connectivity index (χ3v) is 3.07. The molecule has 1 heterocycles. The summed E-state index contributed by atoms with van der Waals surface area (Å²) < 4.78 is 5.10. The van der Waals surface area contributed by atoms with Crippen molar-refractivity contribution in [3.05, 3.63) is 29.8 Å². The highest BCUT2D eigenvalue weighted by Crippen LogP contribution is 2.16. The summed E-state index contributed by atoms with van der Waals surface area (Å²) >= 11 is 0. The second-order valence-electron chi connectivity index (χ2n) is 4.42. The van der Waals surface area contributed by atoms with Crippen LogP contribution in [0.25, 0.3) is 0 Å². The first-order valence-electron chi connectivity index (χ1n) is 5.85. The highest BCUT2D eigenvalue weighted by molar-refractivity contribution is 5.77. The van der Waals surface area contributed by atoms with Gasteiger partial charge in [-0.15, -0.1) is 0 Å². The number of rotatable bonds is 3. The van der Waals surface area contributed by atoms with Crippen LogP contribution < -0.4 is 10.5 Å². The van der Waals surface area contributed by atoms with Crippen LogP contribution in [-0.4, -0.2) is 30.5 Å². The normalized spacial score (nSPS) is 20.5. The molecule has 0 saturated carbocycles. The van der Waals surface area contributed by atoms with Crippen LogP contribution >= 0.6 is 0 Å². The Balaban J connectivity index is 2.01. The minimum atomic E-state index is 0.117. The maximum atomic E-state index is 11.7.